The molecule has 2 heterocycles. The fraction of sp³-hybridized carbons (Fsp3) is 0.414. The number of rotatable bonds is 8. The van der Waals surface area contributed by atoms with E-state index in [9.17, 15) is 24.0 Å². The molecule has 42 heavy (non-hydrogen) atoms. The maximum atomic E-state index is 13.9. The van der Waals surface area contributed by atoms with Crippen molar-refractivity contribution in [1.82, 2.24) is 15.5 Å². The maximum Gasteiger partial charge on any atom is 0.412 e. The van der Waals surface area contributed by atoms with Crippen LogP contribution in [0.15, 0.2) is 42.5 Å². The summed E-state index contributed by atoms with van der Waals surface area (Å²) in [7, 11) is 1.24. The standard InChI is InChI=1S/C29H32ClN5O7/c1-41-27(39)32-20-8-5-18(6-9-20)25(37)33-23(14-24(36)31-15-17-3-4-17)26(38)35-12-2-11-29(16-35)21-13-19(30)7-10-22(21)34-28(40)42-29/h5-10,13,17,23H,2-4,11-12,14-16H2,1H3,(H,31,36)(H,32,39)(H,33,37)(H,34,40)/t23-,29-/m0/s1. The molecule has 0 bridgehead atoms. The van der Waals surface area contributed by atoms with Gasteiger partial charge < -0.3 is 25.0 Å². The fourth-order valence-electron chi connectivity index (χ4n) is 5.26. The topological polar surface area (TPSA) is 155 Å². The van der Waals surface area contributed by atoms with Crippen molar-refractivity contribution in [3.8, 4) is 0 Å². The Kier molecular flexibility index (Phi) is 8.53. The second kappa shape index (κ2) is 12.3. The van der Waals surface area contributed by atoms with Gasteiger partial charge in [0.2, 0.25) is 11.8 Å². The third kappa shape index (κ3) is 6.76. The molecule has 2 aliphatic heterocycles. The van der Waals surface area contributed by atoms with Gasteiger partial charge in [-0.25, -0.2) is 9.59 Å². The molecule has 1 saturated carbocycles. The first-order chi connectivity index (χ1) is 20.2. The van der Waals surface area contributed by atoms with Gasteiger partial charge in [-0.15, -0.1) is 0 Å². The highest BCUT2D eigenvalue weighted by Gasteiger charge is 2.47. The van der Waals surface area contributed by atoms with Crippen LogP contribution in [0.4, 0.5) is 21.0 Å². The first kappa shape index (κ1) is 29.2. The summed E-state index contributed by atoms with van der Waals surface area (Å²) in [5.74, 6) is -0.940. The predicted molar refractivity (Wildman–Crippen MR) is 153 cm³/mol. The zero-order valence-corrected chi connectivity index (χ0v) is 23.8. The third-order valence-corrected chi connectivity index (χ3v) is 7.86. The van der Waals surface area contributed by atoms with Crippen molar-refractivity contribution in [2.45, 2.75) is 43.7 Å². The highest BCUT2D eigenvalue weighted by atomic mass is 35.5. The van der Waals surface area contributed by atoms with E-state index in [2.05, 4.69) is 26.0 Å². The van der Waals surface area contributed by atoms with Crippen LogP contribution in [-0.2, 0) is 24.7 Å². The van der Waals surface area contributed by atoms with Gasteiger partial charge in [0.1, 0.15) is 6.04 Å². The van der Waals surface area contributed by atoms with Gasteiger partial charge in [-0.05, 0) is 74.1 Å². The Labute approximate surface area is 247 Å². The van der Waals surface area contributed by atoms with Gasteiger partial charge in [0.25, 0.3) is 5.91 Å². The van der Waals surface area contributed by atoms with Crippen LogP contribution in [0, 0.1) is 5.92 Å². The molecule has 2 aromatic rings. The molecule has 13 heteroatoms. The lowest BCUT2D eigenvalue weighted by atomic mass is 9.83. The van der Waals surface area contributed by atoms with E-state index in [0.29, 0.717) is 53.8 Å². The average molecular weight is 598 g/mol. The van der Waals surface area contributed by atoms with Crippen molar-refractivity contribution in [1.29, 1.82) is 0 Å². The molecule has 0 aromatic heterocycles. The van der Waals surface area contributed by atoms with E-state index in [0.717, 1.165) is 12.8 Å². The summed E-state index contributed by atoms with van der Waals surface area (Å²) < 4.78 is 10.4. The largest absolute Gasteiger partial charge is 0.453 e. The van der Waals surface area contributed by atoms with Crippen LogP contribution in [0.5, 0.6) is 0 Å². The number of ether oxygens (including phenoxy) is 2. The van der Waals surface area contributed by atoms with Gasteiger partial charge in [0.15, 0.2) is 5.60 Å². The molecular weight excluding hydrogens is 566 g/mol. The molecule has 4 N–H and O–H groups in total. The highest BCUT2D eigenvalue weighted by molar-refractivity contribution is 6.30. The number of nitrogens with zero attached hydrogens (tertiary/aromatic N) is 1. The summed E-state index contributed by atoms with van der Waals surface area (Å²) >= 11 is 6.27. The van der Waals surface area contributed by atoms with Crippen molar-refractivity contribution < 1.29 is 33.4 Å². The predicted octanol–water partition coefficient (Wildman–Crippen LogP) is 3.61. The van der Waals surface area contributed by atoms with Crippen LogP contribution in [0.1, 0.15) is 48.0 Å². The van der Waals surface area contributed by atoms with Gasteiger partial charge in [0, 0.05) is 34.9 Å². The molecule has 1 aliphatic carbocycles. The van der Waals surface area contributed by atoms with Crippen LogP contribution in [0.3, 0.4) is 0 Å². The van der Waals surface area contributed by atoms with Gasteiger partial charge in [-0.2, -0.15) is 0 Å². The molecule has 1 saturated heterocycles. The first-order valence-corrected chi connectivity index (χ1v) is 14.1. The van der Waals surface area contributed by atoms with Crippen LogP contribution in [0.2, 0.25) is 5.02 Å². The number of fused-ring (bicyclic) bond motifs is 2. The molecule has 5 amide bonds. The Morgan fingerprint density at radius 3 is 2.64 bits per heavy atom. The first-order valence-electron chi connectivity index (χ1n) is 13.8. The number of carbonyl (C=O) groups is 5. The summed E-state index contributed by atoms with van der Waals surface area (Å²) in [6.45, 7) is 0.914. The summed E-state index contributed by atoms with van der Waals surface area (Å²) in [6.07, 6.45) is 1.56. The number of anilines is 2. The Bertz CT molecular complexity index is 1400. The summed E-state index contributed by atoms with van der Waals surface area (Å²) in [5.41, 5.74) is 0.741. The molecule has 1 spiro atoms. The Hall–Kier alpha value is -4.32. The minimum absolute atomic E-state index is 0.0382. The zero-order chi connectivity index (χ0) is 29.9. The lowest BCUT2D eigenvalue weighted by Crippen LogP contribution is -2.57. The molecule has 3 aliphatic rings. The molecule has 2 aromatic carbocycles. The molecule has 5 rings (SSSR count). The van der Waals surface area contributed by atoms with Crippen LogP contribution in [-0.4, -0.2) is 67.6 Å². The van der Waals surface area contributed by atoms with Gasteiger partial charge in [-0.1, -0.05) is 11.6 Å². The highest BCUT2D eigenvalue weighted by Crippen LogP contribution is 2.43. The van der Waals surface area contributed by atoms with Gasteiger partial charge in [0.05, 0.1) is 25.8 Å². The smallest absolute Gasteiger partial charge is 0.412 e. The van der Waals surface area contributed by atoms with Crippen molar-refractivity contribution in [2.75, 3.05) is 37.4 Å². The molecule has 0 unspecified atom stereocenters. The van der Waals surface area contributed by atoms with Crippen LogP contribution in [0.25, 0.3) is 0 Å². The number of hydrogen-bond acceptors (Lipinski definition) is 7. The van der Waals surface area contributed by atoms with E-state index in [4.69, 9.17) is 16.3 Å². The number of halogens is 1. The number of nitrogens with one attached hydrogen (secondary N) is 4. The Balaban J connectivity index is 1.34. The lowest BCUT2D eigenvalue weighted by molar-refractivity contribution is -0.142. The number of benzene rings is 2. The minimum atomic E-state index is -1.17. The molecule has 12 nitrogen and oxygen atoms in total. The second-order valence-electron chi connectivity index (χ2n) is 10.7. The zero-order valence-electron chi connectivity index (χ0n) is 23.0. The quantitative estimate of drug-likeness (QED) is 0.362. The van der Waals surface area contributed by atoms with E-state index >= 15 is 0 Å². The molecule has 2 atom stereocenters. The number of amides is 5. The van der Waals surface area contributed by atoms with Gasteiger partial charge in [-0.3, -0.25) is 25.0 Å². The number of methoxy groups -OCH3 is 1. The van der Waals surface area contributed by atoms with Crippen molar-refractivity contribution in [2.24, 2.45) is 5.92 Å². The van der Waals surface area contributed by atoms with Crippen molar-refractivity contribution in [3.63, 3.8) is 0 Å². The van der Waals surface area contributed by atoms with Gasteiger partial charge >= 0.3 is 12.2 Å². The van der Waals surface area contributed by atoms with E-state index in [1.807, 2.05) is 0 Å². The van der Waals surface area contributed by atoms with E-state index in [-0.39, 0.29) is 24.4 Å². The monoisotopic (exact) mass is 597 g/mol. The van der Waals surface area contributed by atoms with Crippen molar-refractivity contribution in [3.05, 3.63) is 58.6 Å². The second-order valence-corrected chi connectivity index (χ2v) is 11.2. The number of piperidine rings is 1. The summed E-state index contributed by atoms with van der Waals surface area (Å²) in [6, 6.07) is 9.92. The van der Waals surface area contributed by atoms with E-state index in [1.165, 1.54) is 36.3 Å². The molecule has 2 fully saturated rings. The number of hydrogen-bond donors (Lipinski definition) is 4. The third-order valence-electron chi connectivity index (χ3n) is 7.62. The molecular formula is C29H32ClN5O7. The van der Waals surface area contributed by atoms with Crippen LogP contribution >= 0.6 is 11.6 Å². The van der Waals surface area contributed by atoms with E-state index in [1.54, 1.807) is 18.2 Å². The SMILES string of the molecule is COC(=O)Nc1ccc(C(=O)N[C@@H](CC(=O)NCC2CC2)C(=O)N2CCC[C@@]3(C2)OC(=O)Nc2ccc(Cl)cc23)cc1. The average Bonchev–Trinajstić information content (AvgIpc) is 3.81. The Morgan fingerprint density at radius 2 is 1.93 bits per heavy atom. The maximum absolute atomic E-state index is 13.9. The normalized spacial score (nSPS) is 20.0. The van der Waals surface area contributed by atoms with E-state index < -0.39 is 35.6 Å². The summed E-state index contributed by atoms with van der Waals surface area (Å²) in [4.78, 5) is 65.4. The number of carbonyl (C=O) groups excluding carboxylic acids is 5. The summed E-state index contributed by atoms with van der Waals surface area (Å²) in [5, 5.41) is 11.2. The molecule has 0 radical (unpaired) electrons. The van der Waals surface area contributed by atoms with Crippen LogP contribution < -0.4 is 21.3 Å². The number of likely N-dealkylation sites (tertiary alicyclic amines) is 1. The van der Waals surface area contributed by atoms with Crippen molar-refractivity contribution >= 4 is 52.9 Å². The molecule has 222 valence electrons. The lowest BCUT2D eigenvalue weighted by Gasteiger charge is -2.45. The fourth-order valence-corrected chi connectivity index (χ4v) is 5.43. The minimum Gasteiger partial charge on any atom is -0.453 e. The Morgan fingerprint density at radius 1 is 1.17 bits per heavy atom.